The largest absolute Gasteiger partial charge is 0.352 e. The number of hydrogen-bond donors (Lipinski definition) is 1. The molecule has 1 saturated carbocycles. The summed E-state index contributed by atoms with van der Waals surface area (Å²) in [6.45, 7) is 3.23. The molecule has 0 bridgehead atoms. The van der Waals surface area contributed by atoms with Crippen LogP contribution in [0.2, 0.25) is 0 Å². The summed E-state index contributed by atoms with van der Waals surface area (Å²) >= 11 is 1.52. The van der Waals surface area contributed by atoms with Crippen molar-refractivity contribution in [1.82, 2.24) is 24.2 Å². The lowest BCUT2D eigenvalue weighted by molar-refractivity contribution is -0.122. The predicted molar refractivity (Wildman–Crippen MR) is 127 cm³/mol. The van der Waals surface area contributed by atoms with Crippen LogP contribution in [0.5, 0.6) is 0 Å². The van der Waals surface area contributed by atoms with Gasteiger partial charge in [-0.15, -0.1) is 0 Å². The zero-order valence-corrected chi connectivity index (χ0v) is 18.9. The first kappa shape index (κ1) is 20.2. The Hall–Kier alpha value is -3.46. The zero-order valence-electron chi connectivity index (χ0n) is 18.1. The second-order valence-electron chi connectivity index (χ2n) is 8.70. The molecule has 33 heavy (non-hydrogen) atoms. The van der Waals surface area contributed by atoms with E-state index in [-0.39, 0.29) is 17.7 Å². The van der Waals surface area contributed by atoms with Crippen molar-refractivity contribution in [1.29, 1.82) is 0 Å². The van der Waals surface area contributed by atoms with Crippen molar-refractivity contribution in [3.63, 3.8) is 0 Å². The summed E-state index contributed by atoms with van der Waals surface area (Å²) in [5.74, 6) is 1.30. The molecule has 1 aromatic carbocycles. The van der Waals surface area contributed by atoms with Crippen LogP contribution >= 0.6 is 11.5 Å². The molecule has 4 heterocycles. The summed E-state index contributed by atoms with van der Waals surface area (Å²) in [6.07, 6.45) is 5.46. The fraction of sp³-hybridized carbons (Fsp3) is 0.333. The van der Waals surface area contributed by atoms with Crippen molar-refractivity contribution in [2.75, 3.05) is 31.1 Å². The highest BCUT2D eigenvalue weighted by molar-refractivity contribution is 7.13. The Bertz CT molecular complexity index is 1350. The monoisotopic (exact) mass is 460 g/mol. The van der Waals surface area contributed by atoms with E-state index < -0.39 is 0 Å². The van der Waals surface area contributed by atoms with Gasteiger partial charge < -0.3 is 15.1 Å². The number of rotatable bonds is 5. The van der Waals surface area contributed by atoms with Crippen molar-refractivity contribution in [2.24, 2.45) is 5.92 Å². The average Bonchev–Trinajstić information content (AvgIpc) is 3.49. The second kappa shape index (κ2) is 8.15. The molecule has 8 nitrogen and oxygen atoms in total. The number of fused-ring (bicyclic) bond motifs is 2. The summed E-state index contributed by atoms with van der Waals surface area (Å²) in [5, 5.41) is 8.52. The Morgan fingerprint density at radius 3 is 2.73 bits per heavy atom. The number of anilines is 1. The molecule has 1 aliphatic carbocycles. The van der Waals surface area contributed by atoms with E-state index in [1.165, 1.54) is 21.6 Å². The van der Waals surface area contributed by atoms with Gasteiger partial charge in [-0.2, -0.15) is 9.47 Å². The predicted octanol–water partition coefficient (Wildman–Crippen LogP) is 2.93. The van der Waals surface area contributed by atoms with Crippen LogP contribution < -0.4 is 10.2 Å². The number of hydrogen-bond acceptors (Lipinski definition) is 6. The smallest absolute Gasteiger partial charge is 0.257 e. The molecule has 2 amide bonds. The van der Waals surface area contributed by atoms with Crippen molar-refractivity contribution >= 4 is 44.8 Å². The van der Waals surface area contributed by atoms with E-state index in [1.807, 2.05) is 35.4 Å². The van der Waals surface area contributed by atoms with E-state index in [1.54, 1.807) is 10.7 Å². The SMILES string of the molecule is O=C(NCc1ccn2ncc(C(=O)N3CCN(c4nsc5ccccc45)CC3)c2c1)C1CC1. The third kappa shape index (κ3) is 3.82. The molecule has 2 aliphatic rings. The van der Waals surface area contributed by atoms with Gasteiger partial charge in [0.15, 0.2) is 0 Å². The van der Waals surface area contributed by atoms with E-state index in [9.17, 15) is 9.59 Å². The molecular formula is C24H24N6O2S. The number of benzene rings is 1. The maximum Gasteiger partial charge on any atom is 0.257 e. The van der Waals surface area contributed by atoms with Gasteiger partial charge in [0.25, 0.3) is 5.91 Å². The Labute approximate surface area is 195 Å². The molecule has 2 fully saturated rings. The summed E-state index contributed by atoms with van der Waals surface area (Å²) in [5.41, 5.74) is 2.33. The highest BCUT2D eigenvalue weighted by Crippen LogP contribution is 2.30. The molecule has 1 aliphatic heterocycles. The molecule has 4 aromatic rings. The fourth-order valence-electron chi connectivity index (χ4n) is 4.37. The van der Waals surface area contributed by atoms with Crippen molar-refractivity contribution in [3.8, 4) is 0 Å². The number of nitrogens with one attached hydrogen (secondary N) is 1. The molecule has 3 aromatic heterocycles. The topological polar surface area (TPSA) is 82.8 Å². The molecule has 9 heteroatoms. The minimum Gasteiger partial charge on any atom is -0.352 e. The lowest BCUT2D eigenvalue weighted by Gasteiger charge is -2.35. The first-order valence-corrected chi connectivity index (χ1v) is 12.1. The first-order valence-electron chi connectivity index (χ1n) is 11.3. The molecular weight excluding hydrogens is 436 g/mol. The minimum absolute atomic E-state index is 0.00745. The van der Waals surface area contributed by atoms with Gasteiger partial charge in [-0.25, -0.2) is 4.52 Å². The summed E-state index contributed by atoms with van der Waals surface area (Å²) in [4.78, 5) is 29.4. The van der Waals surface area contributed by atoms with Crippen LogP contribution in [0.4, 0.5) is 5.82 Å². The van der Waals surface area contributed by atoms with Crippen molar-refractivity contribution < 1.29 is 9.59 Å². The maximum absolute atomic E-state index is 13.3. The summed E-state index contributed by atoms with van der Waals surface area (Å²) in [7, 11) is 0. The molecule has 1 saturated heterocycles. The molecule has 0 atom stereocenters. The van der Waals surface area contributed by atoms with Gasteiger partial charge >= 0.3 is 0 Å². The number of amides is 2. The van der Waals surface area contributed by atoms with Gasteiger partial charge in [0.1, 0.15) is 5.82 Å². The third-order valence-electron chi connectivity index (χ3n) is 6.46. The summed E-state index contributed by atoms with van der Waals surface area (Å²) < 4.78 is 7.56. The lowest BCUT2D eigenvalue weighted by atomic mass is 10.1. The van der Waals surface area contributed by atoms with Gasteiger partial charge in [0.2, 0.25) is 5.91 Å². The van der Waals surface area contributed by atoms with E-state index in [4.69, 9.17) is 0 Å². The second-order valence-corrected chi connectivity index (χ2v) is 9.50. The molecule has 0 unspecified atom stereocenters. The van der Waals surface area contributed by atoms with Gasteiger partial charge in [-0.3, -0.25) is 9.59 Å². The fourth-order valence-corrected chi connectivity index (χ4v) is 5.17. The Balaban J connectivity index is 1.15. The normalized spacial score (nSPS) is 16.5. The Kier molecular flexibility index (Phi) is 4.98. The average molecular weight is 461 g/mol. The van der Waals surface area contributed by atoms with Crippen LogP contribution in [-0.4, -0.2) is 56.9 Å². The van der Waals surface area contributed by atoms with Crippen molar-refractivity contribution in [3.05, 3.63) is 59.9 Å². The van der Waals surface area contributed by atoms with E-state index >= 15 is 0 Å². The number of carbonyl (C=O) groups is 2. The maximum atomic E-state index is 13.3. The number of piperazine rings is 1. The Morgan fingerprint density at radius 2 is 1.91 bits per heavy atom. The molecule has 6 rings (SSSR count). The van der Waals surface area contributed by atoms with Crippen LogP contribution in [0.3, 0.4) is 0 Å². The highest BCUT2D eigenvalue weighted by Gasteiger charge is 2.29. The number of pyridine rings is 1. The zero-order chi connectivity index (χ0) is 22.4. The van der Waals surface area contributed by atoms with E-state index in [2.05, 4.69) is 31.8 Å². The van der Waals surface area contributed by atoms with E-state index in [0.717, 1.165) is 42.8 Å². The molecule has 0 spiro atoms. The van der Waals surface area contributed by atoms with Gasteiger partial charge in [-0.1, -0.05) is 12.1 Å². The van der Waals surface area contributed by atoms with Crippen LogP contribution in [0, 0.1) is 5.92 Å². The quantitative estimate of drug-likeness (QED) is 0.495. The number of carbonyl (C=O) groups excluding carboxylic acids is 2. The van der Waals surface area contributed by atoms with Crippen LogP contribution in [-0.2, 0) is 11.3 Å². The highest BCUT2D eigenvalue weighted by atomic mass is 32.1. The molecule has 168 valence electrons. The standard InChI is InChI=1S/C24H24N6O2S/c31-23(17-5-6-17)25-14-16-7-8-30-20(13-16)19(15-26-30)24(32)29-11-9-28(10-12-29)22-18-3-1-2-4-21(18)33-27-22/h1-4,7-8,13,15,17H,5-6,9-12,14H2,(H,25,31). The van der Waals surface area contributed by atoms with Crippen LogP contribution in [0.15, 0.2) is 48.8 Å². The number of aromatic nitrogens is 3. The van der Waals surface area contributed by atoms with Gasteiger partial charge in [0, 0.05) is 50.2 Å². The third-order valence-corrected chi connectivity index (χ3v) is 7.27. The van der Waals surface area contributed by atoms with Gasteiger partial charge in [0.05, 0.1) is 22.0 Å². The van der Waals surface area contributed by atoms with E-state index in [0.29, 0.717) is 25.2 Å². The minimum atomic E-state index is -0.00745. The first-order chi connectivity index (χ1) is 16.2. The summed E-state index contributed by atoms with van der Waals surface area (Å²) in [6, 6.07) is 12.1. The van der Waals surface area contributed by atoms with Crippen LogP contribution in [0.1, 0.15) is 28.8 Å². The lowest BCUT2D eigenvalue weighted by Crippen LogP contribution is -2.49. The van der Waals surface area contributed by atoms with Crippen molar-refractivity contribution in [2.45, 2.75) is 19.4 Å². The van der Waals surface area contributed by atoms with Crippen LogP contribution in [0.25, 0.3) is 15.6 Å². The number of nitrogens with zero attached hydrogens (tertiary/aromatic N) is 5. The molecule has 1 N–H and O–H groups in total. The Morgan fingerprint density at radius 1 is 1.09 bits per heavy atom. The van der Waals surface area contributed by atoms with Gasteiger partial charge in [-0.05, 0) is 54.2 Å². The molecule has 0 radical (unpaired) electrons.